The first kappa shape index (κ1) is 14.8. The van der Waals surface area contributed by atoms with Gasteiger partial charge in [0, 0.05) is 4.47 Å². The van der Waals surface area contributed by atoms with Crippen molar-refractivity contribution in [2.45, 2.75) is 0 Å². The van der Waals surface area contributed by atoms with Crippen LogP contribution in [-0.2, 0) is 4.79 Å². The van der Waals surface area contributed by atoms with Gasteiger partial charge in [-0.15, -0.1) is 0 Å². The molecular weight excluding hydrogens is 347 g/mol. The highest BCUT2D eigenvalue weighted by Crippen LogP contribution is 2.23. The van der Waals surface area contributed by atoms with E-state index in [1.807, 2.05) is 18.2 Å². The minimum absolute atomic E-state index is 0.0344. The fraction of sp³-hybridized carbons (Fsp3) is 0.0714. The van der Waals surface area contributed by atoms with Gasteiger partial charge in [0.05, 0.1) is 22.9 Å². The number of rotatable bonds is 4. The molecule has 2 rings (SSSR count). The van der Waals surface area contributed by atoms with Gasteiger partial charge < -0.3 is 10.6 Å². The van der Waals surface area contributed by atoms with Gasteiger partial charge in [-0.1, -0.05) is 23.7 Å². The van der Waals surface area contributed by atoms with Crippen molar-refractivity contribution >= 4 is 44.8 Å². The predicted octanol–water partition coefficient (Wildman–Crippen LogP) is 4.29. The maximum Gasteiger partial charge on any atom is 0.243 e. The third-order valence-electron chi connectivity index (χ3n) is 2.52. The van der Waals surface area contributed by atoms with Gasteiger partial charge >= 0.3 is 0 Å². The summed E-state index contributed by atoms with van der Waals surface area (Å²) in [5, 5.41) is 5.83. The number of benzene rings is 2. The summed E-state index contributed by atoms with van der Waals surface area (Å²) in [6.45, 7) is 0.0344. The lowest BCUT2D eigenvalue weighted by Crippen LogP contribution is -2.22. The Bertz CT molecular complexity index is 636. The molecule has 3 nitrogen and oxygen atoms in total. The molecule has 6 heteroatoms. The Kier molecular flexibility index (Phi) is 4.98. The maximum absolute atomic E-state index is 12.9. The predicted molar refractivity (Wildman–Crippen MR) is 82.7 cm³/mol. The first-order valence-electron chi connectivity index (χ1n) is 5.79. The number of anilines is 2. The molecule has 0 atom stereocenters. The first-order chi connectivity index (χ1) is 9.56. The quantitative estimate of drug-likeness (QED) is 0.857. The van der Waals surface area contributed by atoms with Crippen LogP contribution in [0.25, 0.3) is 0 Å². The van der Waals surface area contributed by atoms with Crippen LogP contribution in [0.5, 0.6) is 0 Å². The van der Waals surface area contributed by atoms with Crippen molar-refractivity contribution in [1.82, 2.24) is 0 Å². The van der Waals surface area contributed by atoms with Crippen molar-refractivity contribution in [1.29, 1.82) is 0 Å². The van der Waals surface area contributed by atoms with E-state index in [0.29, 0.717) is 11.4 Å². The van der Waals surface area contributed by atoms with Crippen LogP contribution in [0.15, 0.2) is 46.9 Å². The Labute approximate surface area is 129 Å². The fourth-order valence-corrected chi connectivity index (χ4v) is 2.18. The van der Waals surface area contributed by atoms with Gasteiger partial charge in [-0.25, -0.2) is 4.39 Å². The van der Waals surface area contributed by atoms with Crippen LogP contribution >= 0.6 is 27.5 Å². The van der Waals surface area contributed by atoms with Gasteiger partial charge in [-0.2, -0.15) is 0 Å². The Morgan fingerprint density at radius 2 is 1.95 bits per heavy atom. The minimum Gasteiger partial charge on any atom is -0.375 e. The molecule has 0 saturated heterocycles. The fourth-order valence-electron chi connectivity index (χ4n) is 1.57. The van der Waals surface area contributed by atoms with Crippen LogP contribution in [0.3, 0.4) is 0 Å². The van der Waals surface area contributed by atoms with Gasteiger partial charge in [0.25, 0.3) is 0 Å². The summed E-state index contributed by atoms with van der Waals surface area (Å²) in [7, 11) is 0. The van der Waals surface area contributed by atoms with Gasteiger partial charge in [0.1, 0.15) is 5.82 Å². The topological polar surface area (TPSA) is 41.1 Å². The van der Waals surface area contributed by atoms with Crippen molar-refractivity contribution in [2.24, 2.45) is 0 Å². The zero-order valence-electron chi connectivity index (χ0n) is 10.3. The third-order valence-corrected chi connectivity index (χ3v) is 3.52. The molecule has 1 amide bonds. The molecule has 0 saturated carbocycles. The third kappa shape index (κ3) is 3.95. The number of hydrogen-bond donors (Lipinski definition) is 2. The molecule has 0 fully saturated rings. The van der Waals surface area contributed by atoms with Crippen molar-refractivity contribution in [3.05, 3.63) is 57.8 Å². The summed E-state index contributed by atoms with van der Waals surface area (Å²) < 4.78 is 13.7. The molecule has 0 aliphatic carbocycles. The van der Waals surface area contributed by atoms with E-state index in [-0.39, 0.29) is 17.5 Å². The summed E-state index contributed by atoms with van der Waals surface area (Å²) in [4.78, 5) is 11.8. The van der Waals surface area contributed by atoms with Crippen molar-refractivity contribution in [3.63, 3.8) is 0 Å². The molecular formula is C14H11BrClFN2O. The van der Waals surface area contributed by atoms with E-state index in [9.17, 15) is 9.18 Å². The number of amides is 1. The zero-order valence-corrected chi connectivity index (χ0v) is 12.6. The molecule has 2 aromatic carbocycles. The largest absolute Gasteiger partial charge is 0.375 e. The van der Waals surface area contributed by atoms with Crippen molar-refractivity contribution in [3.8, 4) is 0 Å². The molecule has 0 aliphatic rings. The van der Waals surface area contributed by atoms with E-state index in [0.717, 1.165) is 4.47 Å². The van der Waals surface area contributed by atoms with Gasteiger partial charge in [0.15, 0.2) is 0 Å². The number of halogens is 3. The monoisotopic (exact) mass is 356 g/mol. The van der Waals surface area contributed by atoms with Gasteiger partial charge in [-0.3, -0.25) is 4.79 Å². The Hall–Kier alpha value is -1.59. The van der Waals surface area contributed by atoms with Gasteiger partial charge in [-0.05, 0) is 46.3 Å². The molecule has 0 spiro atoms. The molecule has 0 radical (unpaired) electrons. The lowest BCUT2D eigenvalue weighted by Gasteiger charge is -2.10. The lowest BCUT2D eigenvalue weighted by molar-refractivity contribution is -0.114. The van der Waals surface area contributed by atoms with E-state index < -0.39 is 5.82 Å². The Morgan fingerprint density at radius 3 is 2.65 bits per heavy atom. The molecule has 104 valence electrons. The van der Waals surface area contributed by atoms with E-state index in [2.05, 4.69) is 26.6 Å². The van der Waals surface area contributed by atoms with E-state index in [1.54, 1.807) is 6.07 Å². The van der Waals surface area contributed by atoms with Crippen LogP contribution in [0.1, 0.15) is 0 Å². The highest BCUT2D eigenvalue weighted by atomic mass is 79.9. The summed E-state index contributed by atoms with van der Waals surface area (Å²) in [6, 6.07) is 11.3. The standard InChI is InChI=1S/C14H11BrClFN2O/c15-10-3-1-2-4-12(10)19-14(20)8-18-13-6-5-9(17)7-11(13)16/h1-7,18H,8H2,(H,19,20). The SMILES string of the molecule is O=C(CNc1ccc(F)cc1Cl)Nc1ccccc1Br. The normalized spacial score (nSPS) is 10.2. The molecule has 0 aromatic heterocycles. The summed E-state index contributed by atoms with van der Waals surface area (Å²) in [5.74, 6) is -0.643. The smallest absolute Gasteiger partial charge is 0.243 e. The molecule has 0 heterocycles. The number of carbonyl (C=O) groups excluding carboxylic acids is 1. The average molecular weight is 358 g/mol. The number of para-hydroxylation sites is 1. The van der Waals surface area contributed by atoms with E-state index in [4.69, 9.17) is 11.6 Å². The Morgan fingerprint density at radius 1 is 1.20 bits per heavy atom. The summed E-state index contributed by atoms with van der Waals surface area (Å²) >= 11 is 9.20. The summed E-state index contributed by atoms with van der Waals surface area (Å²) in [5.41, 5.74) is 1.19. The number of nitrogens with one attached hydrogen (secondary N) is 2. The van der Waals surface area contributed by atoms with Crippen molar-refractivity contribution < 1.29 is 9.18 Å². The van der Waals surface area contributed by atoms with Crippen LogP contribution in [-0.4, -0.2) is 12.5 Å². The van der Waals surface area contributed by atoms with Crippen LogP contribution in [0, 0.1) is 5.82 Å². The van der Waals surface area contributed by atoms with Gasteiger partial charge in [0.2, 0.25) is 5.91 Å². The molecule has 2 aromatic rings. The summed E-state index contributed by atoms with van der Waals surface area (Å²) in [6.07, 6.45) is 0. The second-order valence-corrected chi connectivity index (χ2v) is 5.27. The number of hydrogen-bond acceptors (Lipinski definition) is 2. The molecule has 0 aliphatic heterocycles. The van der Waals surface area contributed by atoms with Crippen molar-refractivity contribution in [2.75, 3.05) is 17.2 Å². The highest BCUT2D eigenvalue weighted by molar-refractivity contribution is 9.10. The Balaban J connectivity index is 1.94. The van der Waals surface area contributed by atoms with Crippen LogP contribution in [0.4, 0.5) is 15.8 Å². The average Bonchev–Trinajstić information content (AvgIpc) is 2.40. The number of carbonyl (C=O) groups is 1. The van der Waals surface area contributed by atoms with Crippen LogP contribution in [0.2, 0.25) is 5.02 Å². The second kappa shape index (κ2) is 6.72. The van der Waals surface area contributed by atoms with E-state index >= 15 is 0 Å². The first-order valence-corrected chi connectivity index (χ1v) is 6.96. The molecule has 0 bridgehead atoms. The minimum atomic E-state index is -0.418. The van der Waals surface area contributed by atoms with Crippen LogP contribution < -0.4 is 10.6 Å². The molecule has 20 heavy (non-hydrogen) atoms. The lowest BCUT2D eigenvalue weighted by atomic mass is 10.3. The molecule has 0 unspecified atom stereocenters. The van der Waals surface area contributed by atoms with E-state index in [1.165, 1.54) is 18.2 Å². The zero-order chi connectivity index (χ0) is 14.5. The second-order valence-electron chi connectivity index (χ2n) is 4.01. The highest BCUT2D eigenvalue weighted by Gasteiger charge is 2.07. The maximum atomic E-state index is 12.9. The molecule has 2 N–H and O–H groups in total.